The number of nitrogens with zero attached hydrogens (tertiary/aromatic N) is 1. The quantitative estimate of drug-likeness (QED) is 0.883. The second kappa shape index (κ2) is 6.58. The van der Waals surface area contributed by atoms with Crippen molar-refractivity contribution < 1.29 is 19.1 Å². The fraction of sp³-hybridized carbons (Fsp3) is 0.294. The first-order valence-electron chi connectivity index (χ1n) is 7.41. The molecule has 0 aliphatic carbocycles. The predicted octanol–water partition coefficient (Wildman–Crippen LogP) is 3.76. The molecule has 0 spiro atoms. The highest BCUT2D eigenvalue weighted by Crippen LogP contribution is 2.30. The van der Waals surface area contributed by atoms with Crippen LogP contribution in [-0.2, 0) is 0 Å². The highest BCUT2D eigenvalue weighted by molar-refractivity contribution is 9.10. The minimum absolute atomic E-state index is 0.00243. The lowest BCUT2D eigenvalue weighted by atomic mass is 9.89. The third-order valence-electron chi connectivity index (χ3n) is 4.16. The van der Waals surface area contributed by atoms with Gasteiger partial charge in [-0.1, -0.05) is 28.1 Å². The number of carboxylic acid groups (broad SMARTS) is 1. The van der Waals surface area contributed by atoms with Crippen LogP contribution in [0.1, 0.15) is 45.2 Å². The summed E-state index contributed by atoms with van der Waals surface area (Å²) in [6.45, 7) is 1.28. The zero-order chi connectivity index (χ0) is 16.4. The number of hydrogen-bond acceptors (Lipinski definition) is 3. The highest BCUT2D eigenvalue weighted by Gasteiger charge is 2.26. The molecule has 1 aromatic heterocycles. The average Bonchev–Trinajstić information content (AvgIpc) is 3.04. The maximum Gasteiger partial charge on any atom is 0.338 e. The lowest BCUT2D eigenvalue weighted by molar-refractivity contribution is 0.0677. The summed E-state index contributed by atoms with van der Waals surface area (Å²) in [5, 5.41) is 8.88. The van der Waals surface area contributed by atoms with Gasteiger partial charge in [-0.15, -0.1) is 0 Å². The Morgan fingerprint density at radius 1 is 1.22 bits per heavy atom. The number of piperidine rings is 1. The molecule has 120 valence electrons. The van der Waals surface area contributed by atoms with Gasteiger partial charge >= 0.3 is 5.97 Å². The van der Waals surface area contributed by atoms with Crippen molar-refractivity contribution in [1.82, 2.24) is 4.90 Å². The van der Waals surface area contributed by atoms with Gasteiger partial charge in [0.2, 0.25) is 0 Å². The Hall–Kier alpha value is -2.08. The van der Waals surface area contributed by atoms with Gasteiger partial charge in [-0.05, 0) is 36.5 Å². The van der Waals surface area contributed by atoms with E-state index in [1.54, 1.807) is 4.90 Å². The van der Waals surface area contributed by atoms with Crippen molar-refractivity contribution in [3.05, 3.63) is 58.0 Å². The summed E-state index contributed by atoms with van der Waals surface area (Å²) in [6, 6.07) is 9.53. The fourth-order valence-corrected chi connectivity index (χ4v) is 3.31. The number of rotatable bonds is 3. The van der Waals surface area contributed by atoms with E-state index >= 15 is 0 Å². The number of carbonyl (C=O) groups excluding carboxylic acids is 1. The molecule has 0 unspecified atom stereocenters. The van der Waals surface area contributed by atoms with Crippen LogP contribution in [-0.4, -0.2) is 35.0 Å². The van der Waals surface area contributed by atoms with Crippen molar-refractivity contribution in [2.75, 3.05) is 13.1 Å². The van der Waals surface area contributed by atoms with Crippen LogP contribution in [0.5, 0.6) is 0 Å². The molecule has 1 aromatic carbocycles. The van der Waals surface area contributed by atoms with Crippen molar-refractivity contribution >= 4 is 27.8 Å². The third-order valence-corrected chi connectivity index (χ3v) is 4.65. The van der Waals surface area contributed by atoms with Crippen LogP contribution in [0.4, 0.5) is 0 Å². The Labute approximate surface area is 142 Å². The van der Waals surface area contributed by atoms with Crippen LogP contribution in [0.15, 0.2) is 45.5 Å². The molecule has 1 N–H and O–H groups in total. The van der Waals surface area contributed by atoms with E-state index in [0.29, 0.717) is 19.0 Å². The molecule has 0 atom stereocenters. The van der Waals surface area contributed by atoms with Gasteiger partial charge in [0.25, 0.3) is 5.91 Å². The first-order valence-corrected chi connectivity index (χ1v) is 8.20. The van der Waals surface area contributed by atoms with E-state index in [0.717, 1.165) is 23.6 Å². The smallest absolute Gasteiger partial charge is 0.338 e. The molecule has 23 heavy (non-hydrogen) atoms. The molecule has 5 nitrogen and oxygen atoms in total. The molecular weight excluding hydrogens is 362 g/mol. The topological polar surface area (TPSA) is 70.7 Å². The van der Waals surface area contributed by atoms with Gasteiger partial charge in [-0.2, -0.15) is 0 Å². The number of hydrogen-bond donors (Lipinski definition) is 1. The van der Waals surface area contributed by atoms with Crippen LogP contribution in [0, 0.1) is 0 Å². The number of halogens is 1. The van der Waals surface area contributed by atoms with Gasteiger partial charge in [0.1, 0.15) is 6.26 Å². The van der Waals surface area contributed by atoms with Crippen LogP contribution in [0.25, 0.3) is 0 Å². The lowest BCUT2D eigenvalue weighted by Crippen LogP contribution is -2.37. The average molecular weight is 378 g/mol. The normalized spacial score (nSPS) is 15.6. The van der Waals surface area contributed by atoms with Gasteiger partial charge < -0.3 is 14.4 Å². The largest absolute Gasteiger partial charge is 0.478 e. The maximum atomic E-state index is 12.4. The summed E-state index contributed by atoms with van der Waals surface area (Å²) in [4.78, 5) is 24.9. The van der Waals surface area contributed by atoms with E-state index in [1.807, 2.05) is 12.1 Å². The molecule has 1 amide bonds. The predicted molar refractivity (Wildman–Crippen MR) is 87.7 cm³/mol. The molecule has 1 fully saturated rings. The summed E-state index contributed by atoms with van der Waals surface area (Å²) in [5.74, 6) is -0.822. The van der Waals surface area contributed by atoms with E-state index in [9.17, 15) is 9.59 Å². The molecule has 1 saturated heterocycles. The minimum Gasteiger partial charge on any atom is -0.478 e. The van der Waals surface area contributed by atoms with Crippen LogP contribution >= 0.6 is 15.9 Å². The molecule has 0 saturated carbocycles. The summed E-state index contributed by atoms with van der Waals surface area (Å²) >= 11 is 3.48. The number of aromatic carboxylic acids is 1. The summed E-state index contributed by atoms with van der Waals surface area (Å²) in [6.07, 6.45) is 2.87. The van der Waals surface area contributed by atoms with Gasteiger partial charge in [0, 0.05) is 23.6 Å². The van der Waals surface area contributed by atoms with Gasteiger partial charge in [0.05, 0.1) is 5.56 Å². The summed E-state index contributed by atoms with van der Waals surface area (Å²) in [5.41, 5.74) is 1.27. The number of benzene rings is 1. The van der Waals surface area contributed by atoms with Gasteiger partial charge in [0.15, 0.2) is 5.76 Å². The number of likely N-dealkylation sites (tertiary alicyclic amines) is 1. The van der Waals surface area contributed by atoms with Crippen LogP contribution < -0.4 is 0 Å². The molecule has 0 radical (unpaired) electrons. The van der Waals surface area contributed by atoms with Gasteiger partial charge in [-0.3, -0.25) is 4.79 Å². The molecule has 3 rings (SSSR count). The zero-order valence-electron chi connectivity index (χ0n) is 12.4. The van der Waals surface area contributed by atoms with Crippen molar-refractivity contribution in [1.29, 1.82) is 0 Å². The summed E-state index contributed by atoms with van der Waals surface area (Å²) < 4.78 is 6.15. The number of carbonyl (C=O) groups is 2. The standard InChI is InChI=1S/C17H16BrNO4/c18-14-3-1-2-12(8-14)11-4-6-19(7-5-11)16(20)15-9-13(10-23-15)17(21)22/h1-3,8-11H,4-7H2,(H,21,22). The molecule has 1 aliphatic heterocycles. The molecule has 6 heteroatoms. The molecule has 2 heterocycles. The van der Waals surface area contributed by atoms with Crippen molar-refractivity contribution in [3.8, 4) is 0 Å². The van der Waals surface area contributed by atoms with E-state index in [-0.39, 0.29) is 17.2 Å². The first kappa shape index (κ1) is 15.8. The Morgan fingerprint density at radius 2 is 1.96 bits per heavy atom. The molecular formula is C17H16BrNO4. The molecule has 0 bridgehead atoms. The van der Waals surface area contributed by atoms with Gasteiger partial charge in [-0.25, -0.2) is 4.79 Å². The number of carboxylic acids is 1. The van der Waals surface area contributed by atoms with Crippen molar-refractivity contribution in [2.24, 2.45) is 0 Å². The maximum absolute atomic E-state index is 12.4. The first-order chi connectivity index (χ1) is 11.0. The van der Waals surface area contributed by atoms with E-state index in [4.69, 9.17) is 9.52 Å². The SMILES string of the molecule is O=C(O)c1coc(C(=O)N2CCC(c3cccc(Br)c3)CC2)c1. The number of furan rings is 1. The Bertz CT molecular complexity index is 732. The minimum atomic E-state index is -1.10. The fourth-order valence-electron chi connectivity index (χ4n) is 2.89. The van der Waals surface area contributed by atoms with E-state index in [1.165, 1.54) is 11.6 Å². The zero-order valence-corrected chi connectivity index (χ0v) is 14.0. The second-order valence-electron chi connectivity index (χ2n) is 5.63. The van der Waals surface area contributed by atoms with Crippen LogP contribution in [0.3, 0.4) is 0 Å². The second-order valence-corrected chi connectivity index (χ2v) is 6.54. The Kier molecular flexibility index (Phi) is 4.52. The van der Waals surface area contributed by atoms with Crippen molar-refractivity contribution in [3.63, 3.8) is 0 Å². The van der Waals surface area contributed by atoms with Crippen LogP contribution in [0.2, 0.25) is 0 Å². The third kappa shape index (κ3) is 3.47. The van der Waals surface area contributed by atoms with E-state index < -0.39 is 5.97 Å². The highest BCUT2D eigenvalue weighted by atomic mass is 79.9. The van der Waals surface area contributed by atoms with Crippen molar-refractivity contribution in [2.45, 2.75) is 18.8 Å². The Morgan fingerprint density at radius 3 is 2.57 bits per heavy atom. The number of amides is 1. The monoisotopic (exact) mass is 377 g/mol. The lowest BCUT2D eigenvalue weighted by Gasteiger charge is -2.31. The molecule has 1 aliphatic rings. The summed E-state index contributed by atoms with van der Waals surface area (Å²) in [7, 11) is 0. The van der Waals surface area contributed by atoms with E-state index in [2.05, 4.69) is 28.1 Å². The Balaban J connectivity index is 1.64. The molecule has 2 aromatic rings.